The van der Waals surface area contributed by atoms with Crippen molar-refractivity contribution >= 4 is 78.7 Å². The summed E-state index contributed by atoms with van der Waals surface area (Å²) in [5.41, 5.74) is 1.24. The van der Waals surface area contributed by atoms with Crippen molar-refractivity contribution in [2.75, 3.05) is 31.1 Å². The summed E-state index contributed by atoms with van der Waals surface area (Å²) in [6, 6.07) is 26.7. The Balaban J connectivity index is 0.927. The first kappa shape index (κ1) is 47.8. The number of carbonyl (C=O) groups is 3. The molecule has 5 heterocycles. The summed E-state index contributed by atoms with van der Waals surface area (Å²) in [5.74, 6) is -1.39. The monoisotopic (exact) mass is 967 g/mol. The van der Waals surface area contributed by atoms with Crippen LogP contribution in [0, 0.1) is 22.0 Å². The van der Waals surface area contributed by atoms with Crippen molar-refractivity contribution < 1.29 is 32.9 Å². The first-order valence-corrected chi connectivity index (χ1v) is 29.3. The Morgan fingerprint density at radius 2 is 1.50 bits per heavy atom. The van der Waals surface area contributed by atoms with E-state index in [1.807, 2.05) is 29.3 Å². The Morgan fingerprint density at radius 3 is 2.05 bits per heavy atom. The molecule has 17 heteroatoms. The number of ether oxygens (including phenoxy) is 1. The lowest BCUT2D eigenvalue weighted by atomic mass is 9.79. The molecule has 4 aromatic rings. The zero-order valence-electron chi connectivity index (χ0n) is 39.5. The summed E-state index contributed by atoms with van der Waals surface area (Å²) < 4.78 is 19.8. The smallest absolute Gasteiger partial charge is 0.356 e. The summed E-state index contributed by atoms with van der Waals surface area (Å²) in [5, 5.41) is 16.1. The number of anilines is 1. The highest BCUT2D eigenvalue weighted by molar-refractivity contribution is 8.03. The molecular formula is C49H61N5O8S2Si2. The third kappa shape index (κ3) is 8.82. The van der Waals surface area contributed by atoms with Crippen molar-refractivity contribution in [1.82, 2.24) is 14.8 Å². The van der Waals surface area contributed by atoms with E-state index in [-0.39, 0.29) is 69.3 Å². The SMILES string of the molecule is C[C@@H](O[Si](C)(C)C(C)(C)C)[C@H]1C(=O)N2C(C(=O)OCc3ccc([N+](=O)[O-])cc3)=C(SC3CN(c4nc(C(=O)N5CC(O[Si](c6ccccc6)(c6ccccc6)C(C)(C)C)C5)cs4)C3)[C@H](C)[C@H]12. The molecular weight excluding hydrogens is 907 g/mol. The van der Waals surface area contributed by atoms with E-state index in [1.54, 1.807) is 28.8 Å². The number of hydrogen-bond donors (Lipinski definition) is 0. The van der Waals surface area contributed by atoms with Gasteiger partial charge in [0.1, 0.15) is 18.0 Å². The summed E-state index contributed by atoms with van der Waals surface area (Å²) >= 11 is 3.05. The molecule has 4 atom stereocenters. The Labute approximate surface area is 398 Å². The minimum atomic E-state index is -2.76. The van der Waals surface area contributed by atoms with Gasteiger partial charge in [-0.2, -0.15) is 0 Å². The number of nitro benzene ring substituents is 1. The number of non-ortho nitro benzene ring substituents is 1. The number of amides is 2. The third-order valence-corrected chi connectivity index (χ3v) is 26.1. The van der Waals surface area contributed by atoms with Gasteiger partial charge in [-0.05, 0) is 58.2 Å². The number of β-lactam (4-membered cyclic amide) rings is 1. The second-order valence-corrected chi connectivity index (χ2v) is 31.8. The van der Waals surface area contributed by atoms with E-state index in [4.69, 9.17) is 18.6 Å². The molecule has 0 saturated carbocycles. The fourth-order valence-electron chi connectivity index (χ4n) is 9.44. The van der Waals surface area contributed by atoms with Crippen LogP contribution in [0.25, 0.3) is 0 Å². The molecule has 3 saturated heterocycles. The summed E-state index contributed by atoms with van der Waals surface area (Å²) in [6.45, 7) is 23.9. The number of esters is 1. The number of fused-ring (bicyclic) bond motifs is 1. The zero-order valence-corrected chi connectivity index (χ0v) is 43.1. The molecule has 13 nitrogen and oxygen atoms in total. The van der Waals surface area contributed by atoms with Crippen molar-refractivity contribution in [3.05, 3.63) is 122 Å². The highest BCUT2D eigenvalue weighted by atomic mass is 32.2. The number of benzene rings is 3. The second-order valence-electron chi connectivity index (χ2n) is 20.6. The van der Waals surface area contributed by atoms with Crippen LogP contribution < -0.4 is 15.3 Å². The van der Waals surface area contributed by atoms with E-state index in [2.05, 4.69) is 115 Å². The molecule has 0 radical (unpaired) electrons. The van der Waals surface area contributed by atoms with E-state index < -0.39 is 33.4 Å². The number of likely N-dealkylation sites (tertiary alicyclic amines) is 1. The second kappa shape index (κ2) is 18.1. The maximum Gasteiger partial charge on any atom is 0.356 e. The molecule has 350 valence electrons. The first-order valence-electron chi connectivity index (χ1n) is 22.7. The Kier molecular flexibility index (Phi) is 13.1. The maximum absolute atomic E-state index is 14.1. The standard InChI is InChI=1S/C49H61N5O8S2Si2/c1-31-41-40(32(2)61-65(9,10)48(3,4)5)45(56)53(41)42(46(57)60-29-33-21-23-34(24-22-33)54(58)59)43(31)64-36-27-52(28-36)47-50-39(30-63-47)44(55)51-25-35(26-51)62-66(49(6,7)8,37-17-13-11-14-18-37)38-19-15-12-16-20-38/h11-24,30-32,35-36,40-41H,25-29H2,1-10H3/t31-,32-,40-,41-/m1/s1. The average molecular weight is 968 g/mol. The van der Waals surface area contributed by atoms with Crippen LogP contribution in [0.1, 0.15) is 71.4 Å². The van der Waals surface area contributed by atoms with Crippen LogP contribution in [0.3, 0.4) is 0 Å². The van der Waals surface area contributed by atoms with Crippen LogP contribution in [0.15, 0.2) is 101 Å². The Bertz CT molecular complexity index is 2460. The van der Waals surface area contributed by atoms with Gasteiger partial charge in [0.25, 0.3) is 19.9 Å². The number of aromatic nitrogens is 1. The molecule has 0 unspecified atom stereocenters. The number of thioether (sulfide) groups is 1. The van der Waals surface area contributed by atoms with Crippen LogP contribution in [0.5, 0.6) is 0 Å². The number of rotatable bonds is 15. The number of hydrogen-bond acceptors (Lipinski definition) is 12. The Hall–Kier alpha value is -4.66. The van der Waals surface area contributed by atoms with Gasteiger partial charge in [0.05, 0.1) is 29.1 Å². The first-order chi connectivity index (χ1) is 31.1. The number of nitro groups is 1. The maximum atomic E-state index is 14.1. The van der Waals surface area contributed by atoms with Gasteiger partial charge in [0.15, 0.2) is 13.4 Å². The van der Waals surface area contributed by atoms with Crippen LogP contribution in [0.2, 0.25) is 23.2 Å². The number of nitrogens with zero attached hydrogens (tertiary/aromatic N) is 5. The molecule has 8 rings (SSSR count). The lowest BCUT2D eigenvalue weighted by Gasteiger charge is -2.50. The minimum absolute atomic E-state index is 0.0395. The van der Waals surface area contributed by atoms with Gasteiger partial charge in [-0.1, -0.05) is 109 Å². The van der Waals surface area contributed by atoms with Crippen molar-refractivity contribution in [2.45, 2.75) is 109 Å². The molecule has 0 bridgehead atoms. The van der Waals surface area contributed by atoms with E-state index >= 15 is 0 Å². The van der Waals surface area contributed by atoms with Crippen LogP contribution in [0.4, 0.5) is 10.8 Å². The summed E-state index contributed by atoms with van der Waals surface area (Å²) in [6.07, 6.45) is -0.435. The third-order valence-electron chi connectivity index (χ3n) is 14.1. The summed E-state index contributed by atoms with van der Waals surface area (Å²) in [7, 11) is -4.96. The molecule has 0 N–H and O–H groups in total. The largest absolute Gasteiger partial charge is 0.456 e. The molecule has 2 amide bonds. The van der Waals surface area contributed by atoms with Crippen molar-refractivity contribution in [3.8, 4) is 0 Å². The van der Waals surface area contributed by atoms with Gasteiger partial charge in [-0.25, -0.2) is 9.78 Å². The molecule has 66 heavy (non-hydrogen) atoms. The van der Waals surface area contributed by atoms with E-state index in [9.17, 15) is 24.5 Å². The zero-order chi connectivity index (χ0) is 47.5. The molecule has 1 aromatic heterocycles. The fraction of sp³-hybridized carbons (Fsp3) is 0.469. The van der Waals surface area contributed by atoms with Gasteiger partial charge in [-0.3, -0.25) is 19.7 Å². The molecule has 4 aliphatic heterocycles. The van der Waals surface area contributed by atoms with Crippen molar-refractivity contribution in [1.29, 1.82) is 0 Å². The van der Waals surface area contributed by atoms with Crippen molar-refractivity contribution in [2.24, 2.45) is 11.8 Å². The predicted octanol–water partition coefficient (Wildman–Crippen LogP) is 8.22. The minimum Gasteiger partial charge on any atom is -0.456 e. The van der Waals surface area contributed by atoms with E-state index in [1.165, 1.54) is 33.8 Å². The number of carbonyl (C=O) groups excluding carboxylic acids is 3. The molecule has 0 aliphatic carbocycles. The van der Waals surface area contributed by atoms with Gasteiger partial charge in [0, 0.05) is 59.8 Å². The Morgan fingerprint density at radius 1 is 0.909 bits per heavy atom. The van der Waals surface area contributed by atoms with E-state index in [0.717, 1.165) is 10.0 Å². The summed E-state index contributed by atoms with van der Waals surface area (Å²) in [4.78, 5) is 63.8. The predicted molar refractivity (Wildman–Crippen MR) is 265 cm³/mol. The molecule has 0 spiro atoms. The quantitative estimate of drug-likeness (QED) is 0.0374. The molecule has 4 aliphatic rings. The molecule has 3 fully saturated rings. The lowest BCUT2D eigenvalue weighted by molar-refractivity contribution is -0.384. The fourth-order valence-corrected chi connectivity index (χ4v) is 17.9. The van der Waals surface area contributed by atoms with E-state index in [0.29, 0.717) is 37.4 Å². The van der Waals surface area contributed by atoms with Gasteiger partial charge in [0.2, 0.25) is 5.91 Å². The van der Waals surface area contributed by atoms with Gasteiger partial charge < -0.3 is 28.3 Å². The normalized spacial score (nSPS) is 21.0. The number of thiazole rings is 1. The van der Waals surface area contributed by atoms with Crippen molar-refractivity contribution in [3.63, 3.8) is 0 Å². The highest BCUT2D eigenvalue weighted by Crippen LogP contribution is 2.53. The van der Waals surface area contributed by atoms with Gasteiger partial charge >= 0.3 is 5.97 Å². The van der Waals surface area contributed by atoms with Gasteiger partial charge in [-0.15, -0.1) is 23.1 Å². The van der Waals surface area contributed by atoms with Crippen LogP contribution >= 0.6 is 23.1 Å². The average Bonchev–Trinajstić information content (AvgIpc) is 3.81. The lowest BCUT2D eigenvalue weighted by Crippen LogP contribution is -2.71. The molecule has 3 aromatic carbocycles. The highest BCUT2D eigenvalue weighted by Gasteiger charge is 2.62. The topological polar surface area (TPSA) is 145 Å². The van der Waals surface area contributed by atoms with Crippen LogP contribution in [-0.4, -0.2) is 104 Å². The van der Waals surface area contributed by atoms with Crippen LogP contribution in [-0.2, 0) is 29.8 Å².